The van der Waals surface area contributed by atoms with Crippen LogP contribution in [0.25, 0.3) is 0 Å². The van der Waals surface area contributed by atoms with Gasteiger partial charge in [-0.2, -0.15) is 0 Å². The van der Waals surface area contributed by atoms with Crippen LogP contribution in [-0.4, -0.2) is 17.8 Å². The Labute approximate surface area is 99.8 Å². The highest BCUT2D eigenvalue weighted by Gasteiger charge is 2.04. The number of halogens is 2. The van der Waals surface area contributed by atoms with Crippen LogP contribution in [0.5, 0.6) is 5.75 Å². The molecule has 84 valence electrons. The molecule has 1 N–H and O–H groups in total. The first-order chi connectivity index (χ1) is 7.13. The summed E-state index contributed by atoms with van der Waals surface area (Å²) in [5.41, 5.74) is 0. The lowest BCUT2D eigenvalue weighted by atomic mass is 10.2. The topological polar surface area (TPSA) is 29.5 Å². The molecule has 0 fully saturated rings. The van der Waals surface area contributed by atoms with Crippen molar-refractivity contribution in [2.45, 2.75) is 25.9 Å². The van der Waals surface area contributed by atoms with Crippen LogP contribution >= 0.6 is 23.2 Å². The fourth-order valence-electron chi connectivity index (χ4n) is 1.10. The third kappa shape index (κ3) is 4.29. The SMILES string of the molecule is CCC(O)CCOc1cc(Cl)ccc1Cl. The van der Waals surface area contributed by atoms with Crippen molar-refractivity contribution in [1.29, 1.82) is 0 Å². The van der Waals surface area contributed by atoms with Gasteiger partial charge >= 0.3 is 0 Å². The smallest absolute Gasteiger partial charge is 0.139 e. The molecule has 4 heteroatoms. The Morgan fingerprint density at radius 3 is 2.80 bits per heavy atom. The number of aliphatic hydroxyl groups is 1. The van der Waals surface area contributed by atoms with E-state index in [4.69, 9.17) is 27.9 Å². The first kappa shape index (κ1) is 12.6. The predicted octanol–water partition coefficient (Wildman–Crippen LogP) is 3.53. The van der Waals surface area contributed by atoms with E-state index in [1.54, 1.807) is 18.2 Å². The molecule has 0 aliphatic rings. The second-order valence-electron chi connectivity index (χ2n) is 3.27. The Hall–Kier alpha value is -0.440. The lowest BCUT2D eigenvalue weighted by Gasteiger charge is -2.10. The second-order valence-corrected chi connectivity index (χ2v) is 4.12. The zero-order valence-corrected chi connectivity index (χ0v) is 10.1. The molecule has 0 amide bonds. The summed E-state index contributed by atoms with van der Waals surface area (Å²) in [5, 5.41) is 10.4. The van der Waals surface area contributed by atoms with E-state index in [0.717, 1.165) is 6.42 Å². The maximum atomic E-state index is 9.32. The van der Waals surface area contributed by atoms with Gasteiger partial charge in [0.1, 0.15) is 5.75 Å². The standard InChI is InChI=1S/C11H14Cl2O2/c1-2-9(14)5-6-15-11-7-8(12)3-4-10(11)13/h3-4,7,9,14H,2,5-6H2,1H3. The van der Waals surface area contributed by atoms with Crippen molar-refractivity contribution in [2.24, 2.45) is 0 Å². The first-order valence-corrected chi connectivity index (χ1v) is 5.65. The molecule has 0 aromatic heterocycles. The molecule has 1 rings (SSSR count). The average molecular weight is 249 g/mol. The first-order valence-electron chi connectivity index (χ1n) is 4.89. The van der Waals surface area contributed by atoms with Crippen LogP contribution in [-0.2, 0) is 0 Å². The van der Waals surface area contributed by atoms with Crippen LogP contribution in [0.3, 0.4) is 0 Å². The number of benzene rings is 1. The Bertz CT molecular complexity index is 315. The lowest BCUT2D eigenvalue weighted by Crippen LogP contribution is -2.10. The molecule has 0 spiro atoms. The molecule has 0 bridgehead atoms. The Morgan fingerprint density at radius 1 is 1.40 bits per heavy atom. The molecule has 1 aromatic carbocycles. The highest BCUT2D eigenvalue weighted by Crippen LogP contribution is 2.27. The normalized spacial score (nSPS) is 12.5. The molecule has 1 atom stereocenters. The Morgan fingerprint density at radius 2 is 2.13 bits per heavy atom. The van der Waals surface area contributed by atoms with E-state index in [1.165, 1.54) is 0 Å². The van der Waals surface area contributed by atoms with E-state index in [9.17, 15) is 5.11 Å². The molecule has 1 unspecified atom stereocenters. The van der Waals surface area contributed by atoms with Crippen molar-refractivity contribution >= 4 is 23.2 Å². The largest absolute Gasteiger partial charge is 0.492 e. The fourth-order valence-corrected chi connectivity index (χ4v) is 1.43. The summed E-state index contributed by atoms with van der Waals surface area (Å²) in [5.74, 6) is 0.562. The Balaban J connectivity index is 2.46. The van der Waals surface area contributed by atoms with Gasteiger partial charge in [-0.3, -0.25) is 0 Å². The molecule has 0 radical (unpaired) electrons. The van der Waals surface area contributed by atoms with Crippen molar-refractivity contribution in [2.75, 3.05) is 6.61 Å². The van der Waals surface area contributed by atoms with Crippen molar-refractivity contribution in [3.05, 3.63) is 28.2 Å². The summed E-state index contributed by atoms with van der Waals surface area (Å²) >= 11 is 11.7. The second kappa shape index (κ2) is 6.21. The van der Waals surface area contributed by atoms with Gasteiger partial charge < -0.3 is 9.84 Å². The van der Waals surface area contributed by atoms with Gasteiger partial charge in [-0.25, -0.2) is 0 Å². The van der Waals surface area contributed by atoms with Gasteiger partial charge in [-0.15, -0.1) is 0 Å². The maximum absolute atomic E-state index is 9.32. The van der Waals surface area contributed by atoms with Crippen LogP contribution in [0.1, 0.15) is 19.8 Å². The molecule has 0 saturated carbocycles. The number of hydrogen-bond acceptors (Lipinski definition) is 2. The summed E-state index contributed by atoms with van der Waals surface area (Å²) in [7, 11) is 0. The van der Waals surface area contributed by atoms with Crippen molar-refractivity contribution in [3.8, 4) is 5.75 Å². The molecule has 0 aliphatic heterocycles. The summed E-state index contributed by atoms with van der Waals surface area (Å²) in [6.45, 7) is 2.37. The van der Waals surface area contributed by atoms with Gasteiger partial charge in [0.25, 0.3) is 0 Å². The van der Waals surface area contributed by atoms with Crippen LogP contribution < -0.4 is 4.74 Å². The van der Waals surface area contributed by atoms with Gasteiger partial charge in [0.2, 0.25) is 0 Å². The van der Waals surface area contributed by atoms with Crippen LogP contribution in [0.15, 0.2) is 18.2 Å². The zero-order valence-electron chi connectivity index (χ0n) is 8.54. The van der Waals surface area contributed by atoms with Crippen LogP contribution in [0.2, 0.25) is 10.0 Å². The average Bonchev–Trinajstić information content (AvgIpc) is 2.23. The van der Waals surface area contributed by atoms with Crippen LogP contribution in [0.4, 0.5) is 0 Å². The highest BCUT2D eigenvalue weighted by molar-refractivity contribution is 6.34. The molecular formula is C11H14Cl2O2. The quantitative estimate of drug-likeness (QED) is 0.864. The van der Waals surface area contributed by atoms with E-state index in [-0.39, 0.29) is 6.10 Å². The number of hydrogen-bond donors (Lipinski definition) is 1. The fraction of sp³-hybridized carbons (Fsp3) is 0.455. The minimum atomic E-state index is -0.317. The summed E-state index contributed by atoms with van der Waals surface area (Å²) < 4.78 is 5.41. The van der Waals surface area contributed by atoms with Crippen molar-refractivity contribution in [3.63, 3.8) is 0 Å². The van der Waals surface area contributed by atoms with Gasteiger partial charge in [-0.1, -0.05) is 30.1 Å². The number of aliphatic hydroxyl groups excluding tert-OH is 1. The van der Waals surface area contributed by atoms with Gasteiger partial charge in [-0.05, 0) is 18.6 Å². The number of ether oxygens (including phenoxy) is 1. The van der Waals surface area contributed by atoms with Crippen molar-refractivity contribution < 1.29 is 9.84 Å². The molecule has 0 aliphatic carbocycles. The van der Waals surface area contributed by atoms with E-state index in [0.29, 0.717) is 28.8 Å². The third-order valence-electron chi connectivity index (χ3n) is 2.07. The third-order valence-corrected chi connectivity index (χ3v) is 2.62. The molecule has 15 heavy (non-hydrogen) atoms. The van der Waals surface area contributed by atoms with Gasteiger partial charge in [0, 0.05) is 17.5 Å². The summed E-state index contributed by atoms with van der Waals surface area (Å²) in [6, 6.07) is 5.06. The maximum Gasteiger partial charge on any atom is 0.139 e. The van der Waals surface area contributed by atoms with Gasteiger partial charge in [0.05, 0.1) is 17.7 Å². The minimum Gasteiger partial charge on any atom is -0.492 e. The molecule has 0 saturated heterocycles. The monoisotopic (exact) mass is 248 g/mol. The van der Waals surface area contributed by atoms with Crippen molar-refractivity contribution in [1.82, 2.24) is 0 Å². The summed E-state index contributed by atoms with van der Waals surface area (Å²) in [4.78, 5) is 0. The zero-order chi connectivity index (χ0) is 11.3. The van der Waals surface area contributed by atoms with Crippen LogP contribution in [0, 0.1) is 0 Å². The lowest BCUT2D eigenvalue weighted by molar-refractivity contribution is 0.135. The number of rotatable bonds is 5. The molecule has 0 heterocycles. The highest BCUT2D eigenvalue weighted by atomic mass is 35.5. The molecular weight excluding hydrogens is 235 g/mol. The van der Waals surface area contributed by atoms with E-state index in [2.05, 4.69) is 0 Å². The molecule has 1 aromatic rings. The molecule has 2 nitrogen and oxygen atoms in total. The predicted molar refractivity (Wildman–Crippen MR) is 62.9 cm³/mol. The minimum absolute atomic E-state index is 0.317. The van der Waals surface area contributed by atoms with E-state index < -0.39 is 0 Å². The van der Waals surface area contributed by atoms with Gasteiger partial charge in [0.15, 0.2) is 0 Å². The Kier molecular flexibility index (Phi) is 5.23. The summed E-state index contributed by atoms with van der Waals surface area (Å²) in [6.07, 6.45) is 1.01. The van der Waals surface area contributed by atoms with E-state index >= 15 is 0 Å². The van der Waals surface area contributed by atoms with E-state index in [1.807, 2.05) is 6.92 Å².